The highest BCUT2D eigenvalue weighted by atomic mass is 15.3. The second-order valence-electron chi connectivity index (χ2n) is 2.38. The molecular weight excluding hydrogens is 168 g/mol. The molecule has 2 aromatic heterocycles. The number of aromatic nitrogens is 4. The molecule has 6 heteroatoms. The van der Waals surface area contributed by atoms with E-state index >= 15 is 0 Å². The van der Waals surface area contributed by atoms with E-state index < -0.39 is 0 Å². The van der Waals surface area contributed by atoms with Crippen LogP contribution in [0.15, 0.2) is 31.1 Å². The Morgan fingerprint density at radius 3 is 2.92 bits per heavy atom. The summed E-state index contributed by atoms with van der Waals surface area (Å²) in [6, 6.07) is 0. The molecule has 0 fully saturated rings. The molecule has 0 radical (unpaired) electrons. The summed E-state index contributed by atoms with van der Waals surface area (Å²) in [5, 5.41) is 0. The highest BCUT2D eigenvalue weighted by molar-refractivity contribution is 5.34. The van der Waals surface area contributed by atoms with Gasteiger partial charge in [-0.3, -0.25) is 9.55 Å². The van der Waals surface area contributed by atoms with E-state index in [-0.39, 0.29) is 0 Å². The lowest BCUT2D eigenvalue weighted by molar-refractivity contribution is 0.968. The average Bonchev–Trinajstić information content (AvgIpc) is 2.71. The molecule has 0 saturated carbocycles. The number of nitrogen functional groups attached to an aromatic ring is 1. The normalized spacial score (nSPS) is 9.92. The maximum atomic E-state index is 5.19. The minimum atomic E-state index is 0.520. The molecule has 2 aromatic rings. The van der Waals surface area contributed by atoms with E-state index in [1.807, 2.05) is 0 Å². The van der Waals surface area contributed by atoms with Crippen LogP contribution in [0.25, 0.3) is 5.82 Å². The summed E-state index contributed by atoms with van der Waals surface area (Å²) in [4.78, 5) is 12.0. The number of nitrogens with one attached hydrogen (secondary N) is 1. The number of rotatable bonds is 2. The third-order valence-corrected chi connectivity index (χ3v) is 1.54. The van der Waals surface area contributed by atoms with Crippen LogP contribution < -0.4 is 11.3 Å². The lowest BCUT2D eigenvalue weighted by Crippen LogP contribution is -2.10. The van der Waals surface area contributed by atoms with Crippen molar-refractivity contribution in [2.75, 3.05) is 5.43 Å². The van der Waals surface area contributed by atoms with Crippen LogP contribution in [0, 0.1) is 0 Å². The van der Waals surface area contributed by atoms with Gasteiger partial charge in [-0.15, -0.1) is 0 Å². The zero-order valence-electron chi connectivity index (χ0n) is 6.75. The van der Waals surface area contributed by atoms with Crippen LogP contribution in [0.5, 0.6) is 0 Å². The fourth-order valence-corrected chi connectivity index (χ4v) is 0.944. The van der Waals surface area contributed by atoms with Crippen molar-refractivity contribution < 1.29 is 0 Å². The predicted molar refractivity (Wildman–Crippen MR) is 47.0 cm³/mol. The molecule has 66 valence electrons. The zero-order valence-corrected chi connectivity index (χ0v) is 6.75. The van der Waals surface area contributed by atoms with Gasteiger partial charge in [0, 0.05) is 12.4 Å². The van der Waals surface area contributed by atoms with Crippen LogP contribution in [0.1, 0.15) is 0 Å². The highest BCUT2D eigenvalue weighted by Crippen LogP contribution is 2.04. The quantitative estimate of drug-likeness (QED) is 0.495. The van der Waals surface area contributed by atoms with Crippen LogP contribution in [0.2, 0.25) is 0 Å². The van der Waals surface area contributed by atoms with Gasteiger partial charge >= 0.3 is 0 Å². The molecule has 0 atom stereocenters. The Kier molecular flexibility index (Phi) is 1.89. The summed E-state index contributed by atoms with van der Waals surface area (Å²) >= 11 is 0. The summed E-state index contributed by atoms with van der Waals surface area (Å²) in [6.07, 6.45) is 8.27. The fourth-order valence-electron chi connectivity index (χ4n) is 0.944. The third kappa shape index (κ3) is 1.47. The zero-order chi connectivity index (χ0) is 9.10. The minimum Gasteiger partial charge on any atom is -0.307 e. The number of hydrogen-bond donors (Lipinski definition) is 2. The maximum absolute atomic E-state index is 5.19. The molecule has 0 aromatic carbocycles. The van der Waals surface area contributed by atoms with Crippen LogP contribution in [0.3, 0.4) is 0 Å². The fraction of sp³-hybridized carbons (Fsp3) is 0. The summed E-state index contributed by atoms with van der Waals surface area (Å²) in [6.45, 7) is 0. The van der Waals surface area contributed by atoms with Gasteiger partial charge < -0.3 is 5.43 Å². The van der Waals surface area contributed by atoms with E-state index in [0.717, 1.165) is 0 Å². The van der Waals surface area contributed by atoms with Crippen molar-refractivity contribution in [3.8, 4) is 5.82 Å². The first kappa shape index (κ1) is 7.69. The summed E-state index contributed by atoms with van der Waals surface area (Å²) < 4.78 is 1.74. The molecule has 0 aliphatic heterocycles. The average molecular weight is 176 g/mol. The van der Waals surface area contributed by atoms with E-state index in [4.69, 9.17) is 5.84 Å². The van der Waals surface area contributed by atoms with E-state index in [2.05, 4.69) is 20.4 Å². The van der Waals surface area contributed by atoms with Gasteiger partial charge in [-0.25, -0.2) is 15.8 Å². The predicted octanol–water partition coefficient (Wildman–Crippen LogP) is -0.0521. The third-order valence-electron chi connectivity index (χ3n) is 1.54. The van der Waals surface area contributed by atoms with Crippen molar-refractivity contribution in [2.24, 2.45) is 5.84 Å². The van der Waals surface area contributed by atoms with Crippen molar-refractivity contribution in [1.82, 2.24) is 19.5 Å². The van der Waals surface area contributed by atoms with Crippen molar-refractivity contribution in [3.05, 3.63) is 31.1 Å². The van der Waals surface area contributed by atoms with Crippen molar-refractivity contribution in [2.45, 2.75) is 0 Å². The second kappa shape index (κ2) is 3.20. The number of hydrogen-bond acceptors (Lipinski definition) is 5. The molecule has 6 nitrogen and oxygen atoms in total. The van der Waals surface area contributed by atoms with Gasteiger partial charge in [0.15, 0.2) is 11.6 Å². The number of hydrazine groups is 1. The number of nitrogens with two attached hydrogens (primary N) is 1. The molecule has 2 rings (SSSR count). The molecule has 0 aliphatic carbocycles. The number of nitrogens with zero attached hydrogens (tertiary/aromatic N) is 4. The van der Waals surface area contributed by atoms with Gasteiger partial charge in [0.25, 0.3) is 0 Å². The van der Waals surface area contributed by atoms with Crippen molar-refractivity contribution >= 4 is 5.82 Å². The largest absolute Gasteiger partial charge is 0.307 e. The molecule has 0 unspecified atom stereocenters. The summed E-state index contributed by atoms with van der Waals surface area (Å²) in [7, 11) is 0. The molecule has 0 aliphatic rings. The van der Waals surface area contributed by atoms with E-state index in [9.17, 15) is 0 Å². The Morgan fingerprint density at radius 2 is 2.23 bits per heavy atom. The molecule has 0 amide bonds. The first-order chi connectivity index (χ1) is 6.40. The SMILES string of the molecule is NNc1cncc(-n2ccnc2)n1. The molecule has 0 spiro atoms. The van der Waals surface area contributed by atoms with Gasteiger partial charge in [-0.05, 0) is 0 Å². The Morgan fingerprint density at radius 1 is 1.31 bits per heavy atom. The van der Waals surface area contributed by atoms with Crippen LogP contribution in [-0.2, 0) is 0 Å². The van der Waals surface area contributed by atoms with E-state index in [1.165, 1.54) is 0 Å². The minimum absolute atomic E-state index is 0.520. The molecule has 3 N–H and O–H groups in total. The molecule has 13 heavy (non-hydrogen) atoms. The Balaban J connectivity index is 2.41. The molecule has 0 bridgehead atoms. The van der Waals surface area contributed by atoms with Crippen LogP contribution in [0.4, 0.5) is 5.82 Å². The lowest BCUT2D eigenvalue weighted by Gasteiger charge is -2.02. The first-order valence-electron chi connectivity index (χ1n) is 3.67. The standard InChI is InChI=1S/C7H8N6/c8-12-6-3-10-4-7(11-6)13-2-1-9-5-13/h1-5H,8H2,(H,11,12). The van der Waals surface area contributed by atoms with Crippen LogP contribution in [-0.4, -0.2) is 19.5 Å². The second-order valence-corrected chi connectivity index (χ2v) is 2.38. The van der Waals surface area contributed by atoms with Crippen molar-refractivity contribution in [3.63, 3.8) is 0 Å². The van der Waals surface area contributed by atoms with E-state index in [0.29, 0.717) is 11.6 Å². The van der Waals surface area contributed by atoms with Gasteiger partial charge in [0.1, 0.15) is 6.33 Å². The summed E-state index contributed by atoms with van der Waals surface area (Å²) in [5.41, 5.74) is 2.42. The molecule has 0 saturated heterocycles. The Bertz CT molecular complexity index is 382. The molecular formula is C7H8N6. The highest BCUT2D eigenvalue weighted by Gasteiger charge is 1.98. The van der Waals surface area contributed by atoms with E-state index in [1.54, 1.807) is 35.7 Å². The number of imidazole rings is 1. The van der Waals surface area contributed by atoms with Gasteiger partial charge in [-0.2, -0.15) is 0 Å². The van der Waals surface area contributed by atoms with Gasteiger partial charge in [-0.1, -0.05) is 0 Å². The monoisotopic (exact) mass is 176 g/mol. The van der Waals surface area contributed by atoms with Gasteiger partial charge in [0.05, 0.1) is 12.4 Å². The van der Waals surface area contributed by atoms with Crippen molar-refractivity contribution in [1.29, 1.82) is 0 Å². The Hall–Kier alpha value is -1.95. The lowest BCUT2D eigenvalue weighted by atomic mass is 10.6. The van der Waals surface area contributed by atoms with Crippen LogP contribution >= 0.6 is 0 Å². The smallest absolute Gasteiger partial charge is 0.160 e. The van der Waals surface area contributed by atoms with Gasteiger partial charge in [0.2, 0.25) is 0 Å². The number of anilines is 1. The maximum Gasteiger partial charge on any atom is 0.160 e. The molecule has 2 heterocycles. The topological polar surface area (TPSA) is 81.6 Å². The Labute approximate surface area is 74.4 Å². The first-order valence-corrected chi connectivity index (χ1v) is 3.67. The summed E-state index contributed by atoms with van der Waals surface area (Å²) in [5.74, 6) is 6.39.